The van der Waals surface area contributed by atoms with Gasteiger partial charge in [-0.25, -0.2) is 0 Å². The third-order valence-electron chi connectivity index (χ3n) is 2.91. The molecule has 0 atom stereocenters. The zero-order valence-corrected chi connectivity index (χ0v) is 11.1. The number of rotatable bonds is 0. The minimum Gasteiger partial charge on any atom is -0.447 e. The van der Waals surface area contributed by atoms with Crippen LogP contribution < -0.4 is 0 Å². The molecule has 0 aliphatic rings. The first-order valence-electron chi connectivity index (χ1n) is 5.79. The average Bonchev–Trinajstić information content (AvgIpc) is 2.97. The molecule has 0 N–H and O–H groups in total. The maximum Gasteiger partial charge on any atom is 0.181 e. The van der Waals surface area contributed by atoms with E-state index in [1.165, 1.54) is 5.56 Å². The predicted octanol–water partition coefficient (Wildman–Crippen LogP) is 4.51. The molecule has 0 aliphatic carbocycles. The SMILES string of the molecule is Cc1ccc2oc(C#Cc3cccs3)c(C)c2c1. The Morgan fingerprint density at radius 1 is 1.11 bits per heavy atom. The Labute approximate surface area is 110 Å². The molecule has 2 heterocycles. The maximum atomic E-state index is 5.78. The van der Waals surface area contributed by atoms with Gasteiger partial charge in [-0.3, -0.25) is 0 Å². The summed E-state index contributed by atoms with van der Waals surface area (Å²) < 4.78 is 5.78. The van der Waals surface area contributed by atoms with Crippen molar-refractivity contribution in [2.24, 2.45) is 0 Å². The molecule has 0 saturated heterocycles. The van der Waals surface area contributed by atoms with Crippen LogP contribution in [0.2, 0.25) is 0 Å². The first-order valence-corrected chi connectivity index (χ1v) is 6.67. The summed E-state index contributed by atoms with van der Waals surface area (Å²) in [4.78, 5) is 1.06. The number of hydrogen-bond acceptors (Lipinski definition) is 2. The molecular formula is C16H12OS. The zero-order chi connectivity index (χ0) is 12.5. The van der Waals surface area contributed by atoms with Gasteiger partial charge in [0.2, 0.25) is 0 Å². The Bertz CT molecular complexity index is 752. The van der Waals surface area contributed by atoms with Crippen LogP contribution in [0.4, 0.5) is 0 Å². The molecule has 1 aromatic carbocycles. The lowest BCUT2D eigenvalue weighted by Crippen LogP contribution is -1.75. The molecule has 0 saturated carbocycles. The molecule has 18 heavy (non-hydrogen) atoms. The van der Waals surface area contributed by atoms with Crippen LogP contribution in [0.5, 0.6) is 0 Å². The molecule has 3 aromatic rings. The standard InChI is InChI=1S/C16H12OS/c1-11-5-7-16-14(10-11)12(2)15(17-16)8-6-13-4-3-9-18-13/h3-5,7,9-10H,1-2H3. The van der Waals surface area contributed by atoms with Gasteiger partial charge in [0.25, 0.3) is 0 Å². The molecule has 2 aromatic heterocycles. The van der Waals surface area contributed by atoms with Crippen molar-refractivity contribution in [3.63, 3.8) is 0 Å². The monoisotopic (exact) mass is 252 g/mol. The van der Waals surface area contributed by atoms with Crippen molar-refractivity contribution >= 4 is 22.3 Å². The maximum absolute atomic E-state index is 5.78. The van der Waals surface area contributed by atoms with Crippen molar-refractivity contribution in [2.75, 3.05) is 0 Å². The third-order valence-corrected chi connectivity index (χ3v) is 3.70. The minimum atomic E-state index is 0.768. The molecule has 0 unspecified atom stereocenters. The first kappa shape index (κ1) is 11.1. The largest absolute Gasteiger partial charge is 0.447 e. The third kappa shape index (κ3) is 1.94. The van der Waals surface area contributed by atoms with E-state index in [0.717, 1.165) is 27.2 Å². The van der Waals surface area contributed by atoms with Gasteiger partial charge in [-0.05, 0) is 49.3 Å². The summed E-state index contributed by atoms with van der Waals surface area (Å²) >= 11 is 1.64. The van der Waals surface area contributed by atoms with E-state index in [4.69, 9.17) is 4.42 Å². The van der Waals surface area contributed by atoms with Crippen LogP contribution in [0.3, 0.4) is 0 Å². The van der Waals surface area contributed by atoms with Crippen LogP contribution >= 0.6 is 11.3 Å². The summed E-state index contributed by atoms with van der Waals surface area (Å²) in [5.41, 5.74) is 3.27. The smallest absolute Gasteiger partial charge is 0.181 e. The molecule has 0 amide bonds. The van der Waals surface area contributed by atoms with Gasteiger partial charge in [0.1, 0.15) is 5.58 Å². The number of hydrogen-bond donors (Lipinski definition) is 0. The van der Waals surface area contributed by atoms with Gasteiger partial charge in [0.15, 0.2) is 5.76 Å². The highest BCUT2D eigenvalue weighted by Gasteiger charge is 2.08. The van der Waals surface area contributed by atoms with E-state index in [2.05, 4.69) is 37.8 Å². The van der Waals surface area contributed by atoms with Crippen LogP contribution in [-0.2, 0) is 0 Å². The van der Waals surface area contributed by atoms with Crippen molar-refractivity contribution in [1.29, 1.82) is 0 Å². The summed E-state index contributed by atoms with van der Waals surface area (Å²) in [5, 5.41) is 3.18. The summed E-state index contributed by atoms with van der Waals surface area (Å²) in [6, 6.07) is 10.2. The van der Waals surface area contributed by atoms with Crippen LogP contribution in [-0.4, -0.2) is 0 Å². The van der Waals surface area contributed by atoms with Gasteiger partial charge >= 0.3 is 0 Å². The number of furan rings is 1. The molecule has 0 aliphatic heterocycles. The van der Waals surface area contributed by atoms with E-state index in [0.29, 0.717) is 0 Å². The Morgan fingerprint density at radius 3 is 2.78 bits per heavy atom. The lowest BCUT2D eigenvalue weighted by atomic mass is 10.1. The Hall–Kier alpha value is -1.98. The van der Waals surface area contributed by atoms with E-state index in [1.807, 2.05) is 23.6 Å². The zero-order valence-electron chi connectivity index (χ0n) is 10.3. The second-order valence-corrected chi connectivity index (χ2v) is 5.23. The molecule has 0 fully saturated rings. The van der Waals surface area contributed by atoms with Crippen molar-refractivity contribution < 1.29 is 4.42 Å². The predicted molar refractivity (Wildman–Crippen MR) is 76.0 cm³/mol. The minimum absolute atomic E-state index is 0.768. The molecule has 0 radical (unpaired) electrons. The van der Waals surface area contributed by atoms with E-state index >= 15 is 0 Å². The summed E-state index contributed by atoms with van der Waals surface area (Å²) in [6.45, 7) is 4.15. The summed E-state index contributed by atoms with van der Waals surface area (Å²) in [5.74, 6) is 7.02. The molecular weight excluding hydrogens is 240 g/mol. The molecule has 3 rings (SSSR count). The molecule has 0 bridgehead atoms. The van der Waals surface area contributed by atoms with Crippen LogP contribution in [0.25, 0.3) is 11.0 Å². The molecule has 1 nitrogen and oxygen atoms in total. The molecule has 88 valence electrons. The lowest BCUT2D eigenvalue weighted by molar-refractivity contribution is 0.598. The van der Waals surface area contributed by atoms with Gasteiger partial charge in [0, 0.05) is 10.9 Å². The fourth-order valence-electron chi connectivity index (χ4n) is 1.92. The second kappa shape index (κ2) is 4.36. The van der Waals surface area contributed by atoms with Gasteiger partial charge < -0.3 is 4.42 Å². The van der Waals surface area contributed by atoms with Gasteiger partial charge in [-0.2, -0.15) is 0 Å². The van der Waals surface area contributed by atoms with E-state index in [9.17, 15) is 0 Å². The highest BCUT2D eigenvalue weighted by atomic mass is 32.1. The topological polar surface area (TPSA) is 13.1 Å². The van der Waals surface area contributed by atoms with Crippen LogP contribution in [0.1, 0.15) is 21.8 Å². The van der Waals surface area contributed by atoms with Crippen molar-refractivity contribution in [3.05, 3.63) is 57.5 Å². The van der Waals surface area contributed by atoms with Gasteiger partial charge in [-0.1, -0.05) is 17.7 Å². The normalized spacial score (nSPS) is 10.3. The first-order chi connectivity index (χ1) is 8.74. The van der Waals surface area contributed by atoms with Crippen molar-refractivity contribution in [2.45, 2.75) is 13.8 Å². The Morgan fingerprint density at radius 2 is 2.00 bits per heavy atom. The fraction of sp³-hybridized carbons (Fsp3) is 0.125. The van der Waals surface area contributed by atoms with Gasteiger partial charge in [0.05, 0.1) is 4.88 Å². The Kier molecular flexibility index (Phi) is 2.70. The van der Waals surface area contributed by atoms with Crippen LogP contribution in [0, 0.1) is 25.7 Å². The molecule has 2 heteroatoms. The number of aryl methyl sites for hydroxylation is 2. The van der Waals surface area contributed by atoms with Crippen molar-refractivity contribution in [3.8, 4) is 11.8 Å². The van der Waals surface area contributed by atoms with Crippen LogP contribution in [0.15, 0.2) is 40.1 Å². The molecule has 0 spiro atoms. The number of benzene rings is 1. The van der Waals surface area contributed by atoms with Crippen molar-refractivity contribution in [1.82, 2.24) is 0 Å². The Balaban J connectivity index is 2.10. The summed E-state index contributed by atoms with van der Waals surface area (Å²) in [6.07, 6.45) is 0. The van der Waals surface area contributed by atoms with E-state index in [1.54, 1.807) is 11.3 Å². The number of fused-ring (bicyclic) bond motifs is 1. The average molecular weight is 252 g/mol. The summed E-state index contributed by atoms with van der Waals surface area (Å²) in [7, 11) is 0. The highest BCUT2D eigenvalue weighted by molar-refractivity contribution is 7.10. The lowest BCUT2D eigenvalue weighted by Gasteiger charge is -1.91. The fourth-order valence-corrected chi connectivity index (χ4v) is 2.49. The van der Waals surface area contributed by atoms with Gasteiger partial charge in [-0.15, -0.1) is 11.3 Å². The second-order valence-electron chi connectivity index (χ2n) is 4.28. The number of thiophene rings is 1. The highest BCUT2D eigenvalue weighted by Crippen LogP contribution is 2.25. The van der Waals surface area contributed by atoms with E-state index < -0.39 is 0 Å². The quantitative estimate of drug-likeness (QED) is 0.536. The van der Waals surface area contributed by atoms with E-state index in [-0.39, 0.29) is 0 Å².